The Bertz CT molecular complexity index is 780. The second-order valence-electron chi connectivity index (χ2n) is 7.12. The molecule has 0 radical (unpaired) electrons. The van der Waals surface area contributed by atoms with Gasteiger partial charge in [0.05, 0.1) is 0 Å². The second kappa shape index (κ2) is 6.78. The van der Waals surface area contributed by atoms with Crippen molar-refractivity contribution >= 4 is 5.78 Å². The first kappa shape index (κ1) is 16.0. The highest BCUT2D eigenvalue weighted by atomic mass is 16.1. The van der Waals surface area contributed by atoms with Gasteiger partial charge in [0.1, 0.15) is 11.8 Å². The Balaban J connectivity index is 1.45. The van der Waals surface area contributed by atoms with Gasteiger partial charge in [0.25, 0.3) is 0 Å². The summed E-state index contributed by atoms with van der Waals surface area (Å²) < 4.78 is 0. The van der Waals surface area contributed by atoms with Crippen molar-refractivity contribution in [1.82, 2.24) is 9.88 Å². The lowest BCUT2D eigenvalue weighted by atomic mass is 9.85. The van der Waals surface area contributed by atoms with Crippen molar-refractivity contribution in [3.8, 4) is 6.07 Å². The van der Waals surface area contributed by atoms with Gasteiger partial charge in [-0.3, -0.25) is 9.69 Å². The largest absolute Gasteiger partial charge is 0.294 e. The molecule has 0 saturated carbocycles. The lowest BCUT2D eigenvalue weighted by molar-refractivity contribution is 0.0678. The Morgan fingerprint density at radius 2 is 1.84 bits per heavy atom. The standard InChI is InChI=1S/C21H21N3O/c22-12-18-7-6-16(13-23-18)21(25)17-10-19-8-9-20(11-17)24(19)14-15-4-2-1-3-5-15/h1-7,13,17,19-20H,8-11,14H2. The highest BCUT2D eigenvalue weighted by Crippen LogP contribution is 2.40. The molecule has 2 fully saturated rings. The van der Waals surface area contributed by atoms with Crippen LogP contribution < -0.4 is 0 Å². The van der Waals surface area contributed by atoms with E-state index in [1.165, 1.54) is 18.4 Å². The molecule has 0 N–H and O–H groups in total. The maximum atomic E-state index is 12.8. The third-order valence-electron chi connectivity index (χ3n) is 5.63. The molecule has 2 bridgehead atoms. The Morgan fingerprint density at radius 3 is 2.44 bits per heavy atom. The fourth-order valence-electron chi connectivity index (χ4n) is 4.38. The SMILES string of the molecule is N#Cc1ccc(C(=O)C2CC3CCC(C2)N3Cc2ccccc2)cn1. The van der Waals surface area contributed by atoms with Crippen molar-refractivity contribution in [2.24, 2.45) is 5.92 Å². The van der Waals surface area contributed by atoms with Gasteiger partial charge in [0.15, 0.2) is 5.78 Å². The number of hydrogen-bond donors (Lipinski definition) is 0. The number of hydrogen-bond acceptors (Lipinski definition) is 4. The van der Waals surface area contributed by atoms with Crippen LogP contribution >= 0.6 is 0 Å². The summed E-state index contributed by atoms with van der Waals surface area (Å²) in [6, 6.07) is 17.0. The average molecular weight is 331 g/mol. The molecule has 2 atom stereocenters. The molecule has 25 heavy (non-hydrogen) atoms. The molecule has 2 aliphatic rings. The van der Waals surface area contributed by atoms with Crippen molar-refractivity contribution in [3.05, 3.63) is 65.5 Å². The van der Waals surface area contributed by atoms with Gasteiger partial charge in [0, 0.05) is 36.3 Å². The lowest BCUT2D eigenvalue weighted by Gasteiger charge is -2.38. The number of carbonyl (C=O) groups excluding carboxylic acids is 1. The predicted octanol–water partition coefficient (Wildman–Crippen LogP) is 3.58. The van der Waals surface area contributed by atoms with Gasteiger partial charge in [-0.1, -0.05) is 30.3 Å². The maximum Gasteiger partial charge on any atom is 0.167 e. The summed E-state index contributed by atoms with van der Waals surface area (Å²) in [4.78, 5) is 19.5. The van der Waals surface area contributed by atoms with E-state index in [0.717, 1.165) is 19.4 Å². The molecule has 2 unspecified atom stereocenters. The Hall–Kier alpha value is -2.51. The summed E-state index contributed by atoms with van der Waals surface area (Å²) in [5.41, 5.74) is 2.34. The van der Waals surface area contributed by atoms with Crippen LogP contribution in [-0.2, 0) is 6.54 Å². The molecule has 2 aromatic rings. The van der Waals surface area contributed by atoms with Gasteiger partial charge >= 0.3 is 0 Å². The molecular weight excluding hydrogens is 310 g/mol. The average Bonchev–Trinajstić information content (AvgIpc) is 2.90. The number of piperidine rings is 1. The summed E-state index contributed by atoms with van der Waals surface area (Å²) in [6.45, 7) is 0.982. The van der Waals surface area contributed by atoms with E-state index < -0.39 is 0 Å². The molecule has 0 aliphatic carbocycles. The zero-order valence-electron chi connectivity index (χ0n) is 14.1. The fourth-order valence-corrected chi connectivity index (χ4v) is 4.38. The minimum atomic E-state index is 0.0826. The number of aromatic nitrogens is 1. The van der Waals surface area contributed by atoms with Gasteiger partial charge in [-0.2, -0.15) is 5.26 Å². The fraction of sp³-hybridized carbons (Fsp3) is 0.381. The third kappa shape index (κ3) is 3.20. The first-order chi connectivity index (χ1) is 12.2. The number of nitrogens with zero attached hydrogens (tertiary/aromatic N) is 3. The van der Waals surface area contributed by atoms with Crippen LogP contribution in [-0.4, -0.2) is 27.8 Å². The molecule has 0 amide bonds. The smallest absolute Gasteiger partial charge is 0.167 e. The van der Waals surface area contributed by atoms with Crippen molar-refractivity contribution in [1.29, 1.82) is 5.26 Å². The number of nitriles is 1. The van der Waals surface area contributed by atoms with E-state index in [2.05, 4.69) is 40.2 Å². The molecule has 4 nitrogen and oxygen atoms in total. The second-order valence-corrected chi connectivity index (χ2v) is 7.12. The Kier molecular flexibility index (Phi) is 4.33. The summed E-state index contributed by atoms with van der Waals surface area (Å²) in [5, 5.41) is 8.84. The third-order valence-corrected chi connectivity index (χ3v) is 5.63. The number of carbonyl (C=O) groups is 1. The lowest BCUT2D eigenvalue weighted by Crippen LogP contribution is -2.44. The highest BCUT2D eigenvalue weighted by molar-refractivity contribution is 5.97. The maximum absolute atomic E-state index is 12.8. The minimum Gasteiger partial charge on any atom is -0.294 e. The van der Waals surface area contributed by atoms with Gasteiger partial charge in [-0.25, -0.2) is 4.98 Å². The van der Waals surface area contributed by atoms with E-state index in [0.29, 0.717) is 23.3 Å². The van der Waals surface area contributed by atoms with Gasteiger partial charge in [-0.05, 0) is 43.4 Å². The summed E-state index contributed by atoms with van der Waals surface area (Å²) in [7, 11) is 0. The van der Waals surface area contributed by atoms with Crippen molar-refractivity contribution in [2.75, 3.05) is 0 Å². The topological polar surface area (TPSA) is 57.0 Å². The van der Waals surface area contributed by atoms with Crippen LogP contribution in [0.1, 0.15) is 47.3 Å². The van der Waals surface area contributed by atoms with Gasteiger partial charge < -0.3 is 0 Å². The van der Waals surface area contributed by atoms with E-state index in [4.69, 9.17) is 5.26 Å². The Morgan fingerprint density at radius 1 is 1.12 bits per heavy atom. The normalized spacial score (nSPS) is 25.5. The van der Waals surface area contributed by atoms with E-state index in [9.17, 15) is 4.79 Å². The van der Waals surface area contributed by atoms with Crippen LogP contribution in [0, 0.1) is 17.2 Å². The van der Waals surface area contributed by atoms with Crippen molar-refractivity contribution in [3.63, 3.8) is 0 Å². The quantitative estimate of drug-likeness (QED) is 0.804. The monoisotopic (exact) mass is 331 g/mol. The van der Waals surface area contributed by atoms with E-state index in [1.807, 2.05) is 6.07 Å². The number of ketones is 1. The van der Waals surface area contributed by atoms with E-state index >= 15 is 0 Å². The van der Waals surface area contributed by atoms with Crippen LogP contribution in [0.4, 0.5) is 0 Å². The van der Waals surface area contributed by atoms with Gasteiger partial charge in [0.2, 0.25) is 0 Å². The number of Topliss-reactive ketones (excluding diaryl/α,β-unsaturated/α-hetero) is 1. The molecule has 4 heteroatoms. The molecule has 0 spiro atoms. The summed E-state index contributed by atoms with van der Waals surface area (Å²) >= 11 is 0. The van der Waals surface area contributed by atoms with Crippen LogP contribution in [0.2, 0.25) is 0 Å². The zero-order chi connectivity index (χ0) is 17.2. The molecule has 1 aromatic heterocycles. The first-order valence-corrected chi connectivity index (χ1v) is 8.94. The summed E-state index contributed by atoms with van der Waals surface area (Å²) in [6.07, 6.45) is 5.79. The van der Waals surface area contributed by atoms with Gasteiger partial charge in [-0.15, -0.1) is 0 Å². The van der Waals surface area contributed by atoms with Crippen LogP contribution in [0.15, 0.2) is 48.7 Å². The number of benzene rings is 1. The number of pyridine rings is 1. The number of rotatable bonds is 4. The molecule has 1 aromatic carbocycles. The first-order valence-electron chi connectivity index (χ1n) is 8.94. The van der Waals surface area contributed by atoms with Crippen molar-refractivity contribution in [2.45, 2.75) is 44.3 Å². The predicted molar refractivity (Wildman–Crippen MR) is 94.8 cm³/mol. The van der Waals surface area contributed by atoms with E-state index in [1.54, 1.807) is 18.3 Å². The Labute approximate surface area is 148 Å². The highest BCUT2D eigenvalue weighted by Gasteiger charge is 2.42. The summed E-state index contributed by atoms with van der Waals surface area (Å²) in [5.74, 6) is 0.271. The molecule has 3 heterocycles. The molecule has 126 valence electrons. The molecule has 4 rings (SSSR count). The van der Waals surface area contributed by atoms with Crippen LogP contribution in [0.25, 0.3) is 0 Å². The molecular formula is C21H21N3O. The van der Waals surface area contributed by atoms with Crippen molar-refractivity contribution < 1.29 is 4.79 Å². The number of fused-ring (bicyclic) bond motifs is 2. The van der Waals surface area contributed by atoms with Crippen LogP contribution in [0.5, 0.6) is 0 Å². The zero-order valence-corrected chi connectivity index (χ0v) is 14.1. The van der Waals surface area contributed by atoms with Crippen LogP contribution in [0.3, 0.4) is 0 Å². The van der Waals surface area contributed by atoms with E-state index in [-0.39, 0.29) is 11.7 Å². The molecule has 2 aliphatic heterocycles. The minimum absolute atomic E-state index is 0.0826. The molecule has 2 saturated heterocycles.